The van der Waals surface area contributed by atoms with Crippen molar-refractivity contribution in [3.63, 3.8) is 0 Å². The molecule has 4 rings (SSSR count). The van der Waals surface area contributed by atoms with Crippen LogP contribution in [0.2, 0.25) is 0 Å². The number of fused-ring (bicyclic) bond motifs is 1. The van der Waals surface area contributed by atoms with Crippen molar-refractivity contribution in [3.8, 4) is 5.75 Å². The van der Waals surface area contributed by atoms with E-state index < -0.39 is 0 Å². The molecule has 0 heterocycles. The first-order valence-electron chi connectivity index (χ1n) is 12.0. The third-order valence-electron chi connectivity index (χ3n) is 7.78. The van der Waals surface area contributed by atoms with E-state index in [1.807, 2.05) is 24.3 Å². The summed E-state index contributed by atoms with van der Waals surface area (Å²) in [6, 6.07) is 15.6. The van der Waals surface area contributed by atoms with Gasteiger partial charge in [0.15, 0.2) is 0 Å². The van der Waals surface area contributed by atoms with Crippen molar-refractivity contribution in [2.24, 2.45) is 17.3 Å². The molecule has 5 heteroatoms. The standard InChI is InChI=1S/C28H34O5/c1-19(29)32-16-15-28(2)25(13-14-26(28)33-27(30)20-7-5-4-6-8-20)23-10-9-22-18-24(31-3)12-11-21(22)17-23/h4-8,11-12,18,23,25-26H,9-10,13-17H2,1-3H3/t23?,25-,26-,28-/m0/s1. The summed E-state index contributed by atoms with van der Waals surface area (Å²) in [4.78, 5) is 24.3. The highest BCUT2D eigenvalue weighted by Gasteiger charge is 2.51. The van der Waals surface area contributed by atoms with E-state index in [-0.39, 0.29) is 23.5 Å². The molecule has 0 aliphatic heterocycles. The Labute approximate surface area is 196 Å². The van der Waals surface area contributed by atoms with Gasteiger partial charge in [-0.25, -0.2) is 4.79 Å². The molecule has 1 unspecified atom stereocenters. The number of benzene rings is 2. The molecule has 4 atom stereocenters. The largest absolute Gasteiger partial charge is 0.497 e. The first kappa shape index (κ1) is 23.3. The molecule has 0 bridgehead atoms. The summed E-state index contributed by atoms with van der Waals surface area (Å²) in [5.74, 6) is 1.27. The molecule has 0 radical (unpaired) electrons. The van der Waals surface area contributed by atoms with Gasteiger partial charge < -0.3 is 14.2 Å². The van der Waals surface area contributed by atoms with E-state index in [4.69, 9.17) is 14.2 Å². The van der Waals surface area contributed by atoms with E-state index in [9.17, 15) is 9.59 Å². The Kier molecular flexibility index (Phi) is 7.06. The van der Waals surface area contributed by atoms with Crippen molar-refractivity contribution in [3.05, 3.63) is 65.2 Å². The molecule has 0 aromatic heterocycles. The molecule has 2 aliphatic rings. The van der Waals surface area contributed by atoms with Gasteiger partial charge in [0.1, 0.15) is 11.9 Å². The quantitative estimate of drug-likeness (QED) is 0.529. The minimum atomic E-state index is -0.277. The Morgan fingerprint density at radius 1 is 1.03 bits per heavy atom. The molecule has 0 N–H and O–H groups in total. The number of aryl methyl sites for hydroxylation is 1. The zero-order valence-electron chi connectivity index (χ0n) is 19.8. The third kappa shape index (κ3) is 5.07. The second-order valence-electron chi connectivity index (χ2n) is 9.68. The highest BCUT2D eigenvalue weighted by Crippen LogP contribution is 2.53. The van der Waals surface area contributed by atoms with Crippen LogP contribution in [0.5, 0.6) is 5.75 Å². The Morgan fingerprint density at radius 2 is 1.82 bits per heavy atom. The predicted molar refractivity (Wildman–Crippen MR) is 126 cm³/mol. The van der Waals surface area contributed by atoms with Crippen molar-refractivity contribution < 1.29 is 23.8 Å². The summed E-state index contributed by atoms with van der Waals surface area (Å²) >= 11 is 0. The van der Waals surface area contributed by atoms with Crippen molar-refractivity contribution in [1.29, 1.82) is 0 Å². The molecular weight excluding hydrogens is 416 g/mol. The number of carbonyl (C=O) groups is 2. The van der Waals surface area contributed by atoms with Crippen molar-refractivity contribution in [2.75, 3.05) is 13.7 Å². The topological polar surface area (TPSA) is 61.8 Å². The number of esters is 2. The Hall–Kier alpha value is -2.82. The van der Waals surface area contributed by atoms with Crippen LogP contribution in [-0.4, -0.2) is 31.8 Å². The van der Waals surface area contributed by atoms with Crippen LogP contribution >= 0.6 is 0 Å². The second-order valence-corrected chi connectivity index (χ2v) is 9.68. The highest BCUT2D eigenvalue weighted by molar-refractivity contribution is 5.89. The fourth-order valence-corrected chi connectivity index (χ4v) is 5.96. The number of hydrogen-bond acceptors (Lipinski definition) is 5. The Morgan fingerprint density at radius 3 is 2.55 bits per heavy atom. The molecule has 2 aromatic rings. The van der Waals surface area contributed by atoms with Gasteiger partial charge in [0.25, 0.3) is 0 Å². The molecule has 2 aliphatic carbocycles. The molecule has 2 aromatic carbocycles. The van der Waals surface area contributed by atoms with Crippen LogP contribution in [0.1, 0.15) is 61.0 Å². The average molecular weight is 451 g/mol. The summed E-state index contributed by atoms with van der Waals surface area (Å²) in [6.07, 6.45) is 5.51. The molecule has 1 saturated carbocycles. The Bertz CT molecular complexity index is 985. The van der Waals surface area contributed by atoms with Crippen LogP contribution in [-0.2, 0) is 27.1 Å². The normalized spacial score (nSPS) is 26.3. The number of ether oxygens (including phenoxy) is 3. The van der Waals surface area contributed by atoms with E-state index in [0.717, 1.165) is 37.9 Å². The first-order chi connectivity index (χ1) is 15.9. The number of hydrogen-bond donors (Lipinski definition) is 0. The van der Waals surface area contributed by atoms with Crippen LogP contribution in [0.25, 0.3) is 0 Å². The van der Waals surface area contributed by atoms with Crippen molar-refractivity contribution in [1.82, 2.24) is 0 Å². The van der Waals surface area contributed by atoms with E-state index in [1.165, 1.54) is 18.1 Å². The lowest BCUT2D eigenvalue weighted by Gasteiger charge is -2.41. The molecule has 0 spiro atoms. The van der Waals surface area contributed by atoms with Gasteiger partial charge in [-0.3, -0.25) is 4.79 Å². The van der Waals surface area contributed by atoms with Gasteiger partial charge in [-0.2, -0.15) is 0 Å². The summed E-state index contributed by atoms with van der Waals surface area (Å²) in [5, 5.41) is 0. The van der Waals surface area contributed by atoms with Crippen LogP contribution in [0.4, 0.5) is 0 Å². The lowest BCUT2D eigenvalue weighted by molar-refractivity contribution is -0.142. The maximum Gasteiger partial charge on any atom is 0.338 e. The van der Waals surface area contributed by atoms with E-state index >= 15 is 0 Å². The van der Waals surface area contributed by atoms with Crippen LogP contribution in [0.15, 0.2) is 48.5 Å². The average Bonchev–Trinajstić information content (AvgIpc) is 3.14. The fraction of sp³-hybridized carbons (Fsp3) is 0.500. The van der Waals surface area contributed by atoms with Gasteiger partial charge in [-0.1, -0.05) is 31.2 Å². The van der Waals surface area contributed by atoms with Gasteiger partial charge in [0.2, 0.25) is 0 Å². The van der Waals surface area contributed by atoms with Crippen LogP contribution in [0.3, 0.4) is 0 Å². The van der Waals surface area contributed by atoms with E-state index in [0.29, 0.717) is 30.4 Å². The van der Waals surface area contributed by atoms with Crippen LogP contribution in [0, 0.1) is 17.3 Å². The van der Waals surface area contributed by atoms with E-state index in [2.05, 4.69) is 19.1 Å². The molecule has 0 saturated heterocycles. The van der Waals surface area contributed by atoms with Crippen molar-refractivity contribution >= 4 is 11.9 Å². The van der Waals surface area contributed by atoms with Gasteiger partial charge in [-0.05, 0) is 85.8 Å². The summed E-state index contributed by atoms with van der Waals surface area (Å²) in [5.41, 5.74) is 3.09. The number of carbonyl (C=O) groups excluding carboxylic acids is 2. The zero-order chi connectivity index (χ0) is 23.4. The van der Waals surface area contributed by atoms with E-state index in [1.54, 1.807) is 19.2 Å². The Balaban J connectivity index is 1.53. The fourth-order valence-electron chi connectivity index (χ4n) is 5.96. The molecule has 33 heavy (non-hydrogen) atoms. The predicted octanol–water partition coefficient (Wildman–Crippen LogP) is 5.40. The van der Waals surface area contributed by atoms with Gasteiger partial charge in [0, 0.05) is 12.3 Å². The summed E-state index contributed by atoms with van der Waals surface area (Å²) < 4.78 is 16.8. The first-order valence-corrected chi connectivity index (χ1v) is 12.0. The molecule has 0 amide bonds. The maximum atomic E-state index is 12.9. The van der Waals surface area contributed by atoms with Gasteiger partial charge >= 0.3 is 11.9 Å². The minimum Gasteiger partial charge on any atom is -0.497 e. The minimum absolute atomic E-state index is 0.192. The lowest BCUT2D eigenvalue weighted by Crippen LogP contribution is -2.41. The highest BCUT2D eigenvalue weighted by atomic mass is 16.5. The van der Waals surface area contributed by atoms with Crippen molar-refractivity contribution in [2.45, 2.75) is 58.5 Å². The number of methoxy groups -OCH3 is 1. The molecular formula is C28H34O5. The monoisotopic (exact) mass is 450 g/mol. The smallest absolute Gasteiger partial charge is 0.338 e. The molecule has 176 valence electrons. The molecule has 5 nitrogen and oxygen atoms in total. The summed E-state index contributed by atoms with van der Waals surface area (Å²) in [7, 11) is 1.71. The SMILES string of the molecule is COc1ccc2c(c1)CCC([C@@H]1CC[C@H](OC(=O)c3ccccc3)[C@@]1(C)CCOC(C)=O)C2. The third-order valence-corrected chi connectivity index (χ3v) is 7.78. The maximum absolute atomic E-state index is 12.9. The second kappa shape index (κ2) is 9.98. The lowest BCUT2D eigenvalue weighted by atomic mass is 9.65. The van der Waals surface area contributed by atoms with Gasteiger partial charge in [-0.15, -0.1) is 0 Å². The van der Waals surface area contributed by atoms with Gasteiger partial charge in [0.05, 0.1) is 19.3 Å². The molecule has 1 fully saturated rings. The number of rotatable bonds is 7. The van der Waals surface area contributed by atoms with Crippen LogP contribution < -0.4 is 4.74 Å². The summed E-state index contributed by atoms with van der Waals surface area (Å²) in [6.45, 7) is 4.01. The zero-order valence-corrected chi connectivity index (χ0v) is 19.8.